The number of hydrogen-bond acceptors (Lipinski definition) is 5. The van der Waals surface area contributed by atoms with Crippen LogP contribution < -0.4 is 0 Å². The van der Waals surface area contributed by atoms with Crippen LogP contribution in [0.15, 0.2) is 41.0 Å². The molecule has 3 aromatic rings. The standard InChI is InChI=1S/C17H14N2OS2/c20-15(13-5-4-11-2-1-3-12(11)8-13)9-22-17-14-6-7-21-16(14)18-10-19-17/h4-8,10H,1-3,9H2. The van der Waals surface area contributed by atoms with Gasteiger partial charge < -0.3 is 0 Å². The van der Waals surface area contributed by atoms with E-state index in [1.165, 1.54) is 29.3 Å². The summed E-state index contributed by atoms with van der Waals surface area (Å²) in [5.74, 6) is 0.586. The summed E-state index contributed by atoms with van der Waals surface area (Å²) in [7, 11) is 0. The van der Waals surface area contributed by atoms with Gasteiger partial charge in [-0.25, -0.2) is 9.97 Å². The van der Waals surface area contributed by atoms with Crippen LogP contribution >= 0.6 is 23.1 Å². The Balaban J connectivity index is 1.52. The predicted octanol–water partition coefficient (Wildman–Crippen LogP) is 4.16. The summed E-state index contributed by atoms with van der Waals surface area (Å²) in [6.45, 7) is 0. The molecule has 2 aromatic heterocycles. The van der Waals surface area contributed by atoms with Gasteiger partial charge in [-0.05, 0) is 47.9 Å². The number of rotatable bonds is 4. The highest BCUT2D eigenvalue weighted by Crippen LogP contribution is 2.29. The lowest BCUT2D eigenvalue weighted by Crippen LogP contribution is -2.03. The summed E-state index contributed by atoms with van der Waals surface area (Å²) in [5.41, 5.74) is 3.57. The van der Waals surface area contributed by atoms with Crippen molar-refractivity contribution >= 4 is 39.1 Å². The Hall–Kier alpha value is -1.72. The Morgan fingerprint density at radius 2 is 2.09 bits per heavy atom. The van der Waals surface area contributed by atoms with Crippen molar-refractivity contribution in [1.29, 1.82) is 0 Å². The summed E-state index contributed by atoms with van der Waals surface area (Å²) >= 11 is 3.09. The minimum atomic E-state index is 0.168. The maximum Gasteiger partial charge on any atom is 0.173 e. The number of carbonyl (C=O) groups excluding carboxylic acids is 1. The van der Waals surface area contributed by atoms with Crippen LogP contribution in [0.1, 0.15) is 27.9 Å². The molecule has 0 N–H and O–H groups in total. The zero-order valence-electron chi connectivity index (χ0n) is 11.9. The first kappa shape index (κ1) is 13.9. The molecule has 3 nitrogen and oxygen atoms in total. The first-order chi connectivity index (χ1) is 10.8. The molecule has 0 amide bonds. The van der Waals surface area contributed by atoms with Crippen molar-refractivity contribution < 1.29 is 4.79 Å². The van der Waals surface area contributed by atoms with E-state index in [-0.39, 0.29) is 5.78 Å². The normalized spacial score (nSPS) is 13.5. The van der Waals surface area contributed by atoms with Gasteiger partial charge in [0.2, 0.25) is 0 Å². The molecule has 110 valence electrons. The van der Waals surface area contributed by atoms with E-state index >= 15 is 0 Å². The number of thioether (sulfide) groups is 1. The smallest absolute Gasteiger partial charge is 0.173 e. The van der Waals surface area contributed by atoms with Gasteiger partial charge in [-0.3, -0.25) is 4.79 Å². The van der Waals surface area contributed by atoms with E-state index in [0.717, 1.165) is 33.6 Å². The molecule has 2 heterocycles. The van der Waals surface area contributed by atoms with Gasteiger partial charge in [0, 0.05) is 10.9 Å². The van der Waals surface area contributed by atoms with E-state index < -0.39 is 0 Å². The zero-order valence-corrected chi connectivity index (χ0v) is 13.5. The molecule has 4 rings (SSSR count). The Bertz CT molecular complexity index is 857. The second-order valence-corrected chi connectivity index (χ2v) is 7.23. The molecule has 0 atom stereocenters. The van der Waals surface area contributed by atoms with Crippen LogP contribution in [0.3, 0.4) is 0 Å². The minimum Gasteiger partial charge on any atom is -0.293 e. The quantitative estimate of drug-likeness (QED) is 0.410. The second kappa shape index (κ2) is 5.82. The van der Waals surface area contributed by atoms with Crippen LogP contribution in [0, 0.1) is 0 Å². The number of Topliss-reactive ketones (excluding diaryl/α,β-unsaturated/α-hetero) is 1. The largest absolute Gasteiger partial charge is 0.293 e. The highest BCUT2D eigenvalue weighted by Gasteiger charge is 2.15. The Kier molecular flexibility index (Phi) is 3.68. The lowest BCUT2D eigenvalue weighted by Gasteiger charge is -2.05. The SMILES string of the molecule is O=C(CSc1ncnc2sccc12)c1ccc2c(c1)CCC2. The van der Waals surface area contributed by atoms with Crippen LogP contribution in [-0.4, -0.2) is 21.5 Å². The number of nitrogens with zero attached hydrogens (tertiary/aromatic N) is 2. The number of aromatic nitrogens is 2. The van der Waals surface area contributed by atoms with Gasteiger partial charge in [0.1, 0.15) is 16.2 Å². The van der Waals surface area contributed by atoms with Crippen molar-refractivity contribution in [3.63, 3.8) is 0 Å². The van der Waals surface area contributed by atoms with E-state index in [9.17, 15) is 4.79 Å². The number of fused-ring (bicyclic) bond motifs is 2. The van der Waals surface area contributed by atoms with E-state index in [0.29, 0.717) is 5.75 Å². The topological polar surface area (TPSA) is 42.9 Å². The van der Waals surface area contributed by atoms with E-state index in [1.807, 2.05) is 17.5 Å². The summed E-state index contributed by atoms with van der Waals surface area (Å²) in [4.78, 5) is 21.9. The molecule has 0 spiro atoms. The van der Waals surface area contributed by atoms with E-state index in [4.69, 9.17) is 0 Å². The Morgan fingerprint density at radius 3 is 3.05 bits per heavy atom. The second-order valence-electron chi connectivity index (χ2n) is 5.37. The zero-order chi connectivity index (χ0) is 14.9. The third-order valence-electron chi connectivity index (χ3n) is 3.99. The molecule has 0 radical (unpaired) electrons. The average Bonchev–Trinajstić information content (AvgIpc) is 3.20. The van der Waals surface area contributed by atoms with Crippen LogP contribution in [0.2, 0.25) is 0 Å². The number of carbonyl (C=O) groups is 1. The molecule has 1 aliphatic rings. The predicted molar refractivity (Wildman–Crippen MR) is 90.9 cm³/mol. The Morgan fingerprint density at radius 1 is 1.18 bits per heavy atom. The number of hydrogen-bond donors (Lipinski definition) is 0. The van der Waals surface area contributed by atoms with Crippen molar-refractivity contribution in [2.45, 2.75) is 24.3 Å². The maximum absolute atomic E-state index is 12.4. The highest BCUT2D eigenvalue weighted by atomic mass is 32.2. The van der Waals surface area contributed by atoms with Crippen LogP contribution in [0.4, 0.5) is 0 Å². The summed E-state index contributed by atoms with van der Waals surface area (Å²) < 4.78 is 0. The van der Waals surface area contributed by atoms with Crippen LogP contribution in [0.25, 0.3) is 10.2 Å². The van der Waals surface area contributed by atoms with Crippen LogP contribution in [0.5, 0.6) is 0 Å². The molecule has 0 unspecified atom stereocenters. The molecule has 22 heavy (non-hydrogen) atoms. The molecule has 0 aliphatic heterocycles. The van der Waals surface area contributed by atoms with Crippen molar-refractivity contribution in [2.75, 3.05) is 5.75 Å². The molecule has 0 saturated carbocycles. The minimum absolute atomic E-state index is 0.168. The fraction of sp³-hybridized carbons (Fsp3) is 0.235. The maximum atomic E-state index is 12.4. The molecule has 0 bridgehead atoms. The fourth-order valence-electron chi connectivity index (χ4n) is 2.84. The molecule has 1 aromatic carbocycles. The monoisotopic (exact) mass is 326 g/mol. The first-order valence-corrected chi connectivity index (χ1v) is 9.14. The summed E-state index contributed by atoms with van der Waals surface area (Å²) in [6, 6.07) is 8.17. The van der Waals surface area contributed by atoms with Gasteiger partial charge >= 0.3 is 0 Å². The van der Waals surface area contributed by atoms with Crippen molar-refractivity contribution in [3.05, 3.63) is 52.7 Å². The summed E-state index contributed by atoms with van der Waals surface area (Å²) in [5, 5.41) is 3.94. The average molecular weight is 326 g/mol. The third-order valence-corrected chi connectivity index (χ3v) is 5.81. The van der Waals surface area contributed by atoms with Gasteiger partial charge in [0.25, 0.3) is 0 Å². The number of thiophene rings is 1. The molecular weight excluding hydrogens is 312 g/mol. The van der Waals surface area contributed by atoms with E-state index in [2.05, 4.69) is 22.1 Å². The van der Waals surface area contributed by atoms with Crippen molar-refractivity contribution in [1.82, 2.24) is 9.97 Å². The molecule has 0 fully saturated rings. The van der Waals surface area contributed by atoms with Gasteiger partial charge in [0.05, 0.1) is 5.75 Å². The van der Waals surface area contributed by atoms with Crippen molar-refractivity contribution in [3.8, 4) is 0 Å². The van der Waals surface area contributed by atoms with Crippen LogP contribution in [-0.2, 0) is 12.8 Å². The van der Waals surface area contributed by atoms with Gasteiger partial charge in [-0.15, -0.1) is 11.3 Å². The fourth-order valence-corrected chi connectivity index (χ4v) is 4.52. The molecule has 5 heteroatoms. The summed E-state index contributed by atoms with van der Waals surface area (Å²) in [6.07, 6.45) is 5.03. The lowest BCUT2D eigenvalue weighted by molar-refractivity contribution is 0.102. The number of benzene rings is 1. The Labute approximate surface area is 136 Å². The number of ketones is 1. The lowest BCUT2D eigenvalue weighted by atomic mass is 10.0. The molecule has 0 saturated heterocycles. The van der Waals surface area contributed by atoms with Crippen molar-refractivity contribution in [2.24, 2.45) is 0 Å². The number of aryl methyl sites for hydroxylation is 2. The highest BCUT2D eigenvalue weighted by molar-refractivity contribution is 8.00. The first-order valence-electron chi connectivity index (χ1n) is 7.27. The molecular formula is C17H14N2OS2. The van der Waals surface area contributed by atoms with E-state index in [1.54, 1.807) is 17.7 Å². The molecule has 1 aliphatic carbocycles. The van der Waals surface area contributed by atoms with Gasteiger partial charge in [-0.1, -0.05) is 23.9 Å². The van der Waals surface area contributed by atoms with Gasteiger partial charge in [0.15, 0.2) is 5.78 Å². The third kappa shape index (κ3) is 2.55. The van der Waals surface area contributed by atoms with Gasteiger partial charge in [-0.2, -0.15) is 0 Å².